The second kappa shape index (κ2) is 7.46. The van der Waals surface area contributed by atoms with E-state index < -0.39 is 0 Å². The molecule has 0 saturated heterocycles. The number of carbonyl (C=O) groups excluding carboxylic acids is 1. The molecule has 5 nitrogen and oxygen atoms in total. The van der Waals surface area contributed by atoms with Crippen LogP contribution in [-0.4, -0.2) is 31.2 Å². The molecule has 1 N–H and O–H groups in total. The minimum absolute atomic E-state index is 0.0963. The minimum atomic E-state index is -0.157. The van der Waals surface area contributed by atoms with Crippen LogP contribution in [0.4, 0.5) is 0 Å². The summed E-state index contributed by atoms with van der Waals surface area (Å²) in [4.78, 5) is 16.7. The highest BCUT2D eigenvalue weighted by atomic mass is 32.1. The van der Waals surface area contributed by atoms with Crippen molar-refractivity contribution in [3.05, 3.63) is 29.3 Å². The molecule has 23 heavy (non-hydrogen) atoms. The van der Waals surface area contributed by atoms with E-state index in [1.165, 1.54) is 11.3 Å². The summed E-state index contributed by atoms with van der Waals surface area (Å²) in [6.45, 7) is 6.12. The molecule has 0 bridgehead atoms. The van der Waals surface area contributed by atoms with Gasteiger partial charge in [-0.3, -0.25) is 4.79 Å². The Kier molecular flexibility index (Phi) is 5.60. The highest BCUT2D eigenvalue weighted by Crippen LogP contribution is 2.38. The van der Waals surface area contributed by atoms with Gasteiger partial charge in [0.15, 0.2) is 11.5 Å². The van der Waals surface area contributed by atoms with Gasteiger partial charge in [0.1, 0.15) is 10.7 Å². The Balaban J connectivity index is 2.28. The third-order valence-corrected chi connectivity index (χ3v) is 4.60. The van der Waals surface area contributed by atoms with Crippen LogP contribution >= 0.6 is 11.3 Å². The quantitative estimate of drug-likeness (QED) is 0.877. The number of nitrogens with one attached hydrogen (secondary N) is 1. The average molecular weight is 334 g/mol. The molecule has 0 fully saturated rings. The van der Waals surface area contributed by atoms with Gasteiger partial charge in [-0.2, -0.15) is 0 Å². The molecule has 1 aromatic carbocycles. The zero-order valence-corrected chi connectivity index (χ0v) is 14.9. The lowest BCUT2D eigenvalue weighted by atomic mass is 10.1. The zero-order valence-electron chi connectivity index (χ0n) is 14.0. The number of rotatable bonds is 6. The van der Waals surface area contributed by atoms with E-state index in [4.69, 9.17) is 9.47 Å². The largest absolute Gasteiger partial charge is 0.493 e. The number of nitrogens with zero attached hydrogens (tertiary/aromatic N) is 1. The molecule has 2 rings (SSSR count). The molecule has 1 aromatic heterocycles. The first-order valence-corrected chi connectivity index (χ1v) is 8.33. The zero-order chi connectivity index (χ0) is 17.0. The molecule has 124 valence electrons. The maximum Gasteiger partial charge on any atom is 0.270 e. The Morgan fingerprint density at radius 3 is 2.57 bits per heavy atom. The van der Waals surface area contributed by atoms with E-state index in [9.17, 15) is 4.79 Å². The summed E-state index contributed by atoms with van der Waals surface area (Å²) in [6.07, 6.45) is 0. The second-order valence-electron chi connectivity index (χ2n) is 5.59. The standard InChI is InChI=1S/C17H22N2O3S/c1-10(2)11(3)18-16(20)13-9-23-17(19-13)12-7-6-8-14(21-4)15(12)22-5/h6-11H,1-5H3,(H,18,20). The van der Waals surface area contributed by atoms with Crippen LogP contribution in [0.1, 0.15) is 31.3 Å². The maximum absolute atomic E-state index is 12.3. The minimum Gasteiger partial charge on any atom is -0.493 e. The van der Waals surface area contributed by atoms with Crippen LogP contribution < -0.4 is 14.8 Å². The van der Waals surface area contributed by atoms with Crippen LogP contribution in [0.3, 0.4) is 0 Å². The fourth-order valence-electron chi connectivity index (χ4n) is 2.00. The Hall–Kier alpha value is -2.08. The predicted octanol–water partition coefficient (Wildman–Crippen LogP) is 3.60. The van der Waals surface area contributed by atoms with Crippen molar-refractivity contribution >= 4 is 17.2 Å². The van der Waals surface area contributed by atoms with E-state index in [2.05, 4.69) is 24.1 Å². The number of ether oxygens (including phenoxy) is 2. The van der Waals surface area contributed by atoms with Crippen molar-refractivity contribution in [2.75, 3.05) is 14.2 Å². The number of methoxy groups -OCH3 is 2. The van der Waals surface area contributed by atoms with Crippen LogP contribution in [0.2, 0.25) is 0 Å². The molecule has 1 amide bonds. The monoisotopic (exact) mass is 334 g/mol. The molecule has 1 heterocycles. The number of amides is 1. The maximum atomic E-state index is 12.3. The summed E-state index contributed by atoms with van der Waals surface area (Å²) >= 11 is 1.41. The lowest BCUT2D eigenvalue weighted by Gasteiger charge is -2.16. The number of benzene rings is 1. The first kappa shape index (κ1) is 17.3. The normalized spacial score (nSPS) is 12.1. The number of aromatic nitrogens is 1. The van der Waals surface area contributed by atoms with Crippen molar-refractivity contribution in [1.82, 2.24) is 10.3 Å². The van der Waals surface area contributed by atoms with Crippen LogP contribution in [0, 0.1) is 5.92 Å². The smallest absolute Gasteiger partial charge is 0.270 e. The first-order chi connectivity index (χ1) is 11.0. The van der Waals surface area contributed by atoms with E-state index in [1.807, 2.05) is 25.1 Å². The van der Waals surface area contributed by atoms with Gasteiger partial charge in [-0.05, 0) is 25.0 Å². The van der Waals surface area contributed by atoms with E-state index in [-0.39, 0.29) is 11.9 Å². The van der Waals surface area contributed by atoms with Gasteiger partial charge in [-0.1, -0.05) is 19.9 Å². The fourth-order valence-corrected chi connectivity index (χ4v) is 2.83. The summed E-state index contributed by atoms with van der Waals surface area (Å²) in [5, 5.41) is 5.45. The lowest BCUT2D eigenvalue weighted by molar-refractivity contribution is 0.0926. The Bertz CT molecular complexity index is 682. The van der Waals surface area contributed by atoms with Crippen LogP contribution in [0.5, 0.6) is 11.5 Å². The molecule has 0 spiro atoms. The van der Waals surface area contributed by atoms with Gasteiger partial charge >= 0.3 is 0 Å². The summed E-state index contributed by atoms with van der Waals surface area (Å²) in [7, 11) is 3.18. The molecule has 0 aliphatic heterocycles. The summed E-state index contributed by atoms with van der Waals surface area (Å²) in [6, 6.07) is 5.70. The van der Waals surface area contributed by atoms with E-state index in [0.29, 0.717) is 23.1 Å². The molecule has 0 radical (unpaired) electrons. The Morgan fingerprint density at radius 1 is 1.22 bits per heavy atom. The van der Waals surface area contributed by atoms with Gasteiger partial charge in [0.25, 0.3) is 5.91 Å². The molecule has 2 aromatic rings. The SMILES string of the molecule is COc1cccc(-c2nc(C(=O)NC(C)C(C)C)cs2)c1OC. The molecule has 0 aliphatic carbocycles. The van der Waals surface area contributed by atoms with Crippen molar-refractivity contribution in [2.45, 2.75) is 26.8 Å². The number of hydrogen-bond donors (Lipinski definition) is 1. The average Bonchev–Trinajstić information content (AvgIpc) is 3.03. The Morgan fingerprint density at radius 2 is 1.96 bits per heavy atom. The van der Waals surface area contributed by atoms with Crippen molar-refractivity contribution in [3.8, 4) is 22.1 Å². The summed E-state index contributed by atoms with van der Waals surface area (Å²) < 4.78 is 10.7. The number of hydrogen-bond acceptors (Lipinski definition) is 5. The van der Waals surface area contributed by atoms with Gasteiger partial charge in [0.05, 0.1) is 19.8 Å². The molecule has 1 unspecified atom stereocenters. The number of para-hydroxylation sites is 1. The van der Waals surface area contributed by atoms with Crippen molar-refractivity contribution in [3.63, 3.8) is 0 Å². The third-order valence-electron chi connectivity index (χ3n) is 3.73. The highest BCUT2D eigenvalue weighted by Gasteiger charge is 2.18. The molecule has 0 saturated carbocycles. The summed E-state index contributed by atoms with van der Waals surface area (Å²) in [5.74, 6) is 1.47. The van der Waals surface area contributed by atoms with Gasteiger partial charge in [0, 0.05) is 11.4 Å². The molecular formula is C17H22N2O3S. The van der Waals surface area contributed by atoms with Crippen molar-refractivity contribution in [1.29, 1.82) is 0 Å². The molecule has 6 heteroatoms. The van der Waals surface area contributed by atoms with Crippen molar-refractivity contribution < 1.29 is 14.3 Å². The lowest BCUT2D eigenvalue weighted by Crippen LogP contribution is -2.36. The summed E-state index contributed by atoms with van der Waals surface area (Å²) in [5.41, 5.74) is 1.23. The van der Waals surface area contributed by atoms with E-state index >= 15 is 0 Å². The second-order valence-corrected chi connectivity index (χ2v) is 6.44. The van der Waals surface area contributed by atoms with Crippen molar-refractivity contribution in [2.24, 2.45) is 5.92 Å². The predicted molar refractivity (Wildman–Crippen MR) is 92.4 cm³/mol. The van der Waals surface area contributed by atoms with E-state index in [1.54, 1.807) is 19.6 Å². The van der Waals surface area contributed by atoms with Gasteiger partial charge in [0.2, 0.25) is 0 Å². The van der Waals surface area contributed by atoms with E-state index in [0.717, 1.165) is 10.6 Å². The first-order valence-electron chi connectivity index (χ1n) is 7.45. The molecule has 1 atom stereocenters. The van der Waals surface area contributed by atoms with Gasteiger partial charge < -0.3 is 14.8 Å². The third kappa shape index (κ3) is 3.82. The number of carbonyl (C=O) groups is 1. The fraction of sp³-hybridized carbons (Fsp3) is 0.412. The molecular weight excluding hydrogens is 312 g/mol. The van der Waals surface area contributed by atoms with Crippen LogP contribution in [0.25, 0.3) is 10.6 Å². The topological polar surface area (TPSA) is 60.5 Å². The van der Waals surface area contributed by atoms with Gasteiger partial charge in [-0.15, -0.1) is 11.3 Å². The highest BCUT2D eigenvalue weighted by molar-refractivity contribution is 7.13. The molecule has 0 aliphatic rings. The number of thiazole rings is 1. The van der Waals surface area contributed by atoms with Crippen LogP contribution in [0.15, 0.2) is 23.6 Å². The van der Waals surface area contributed by atoms with Gasteiger partial charge in [-0.25, -0.2) is 4.98 Å². The Labute approximate surface area is 140 Å². The van der Waals surface area contributed by atoms with Crippen LogP contribution in [-0.2, 0) is 0 Å².